The normalized spacial score (nSPS) is 20.0. The number of aliphatic hydroxyl groups excluding tert-OH is 5. The summed E-state index contributed by atoms with van der Waals surface area (Å²) >= 11 is 0. The highest BCUT2D eigenvalue weighted by Crippen LogP contribution is 2.23. The number of allylic oxidation sites excluding steroid dienone is 7. The first-order chi connectivity index (χ1) is 32.8. The fourth-order valence-electron chi connectivity index (χ4n) is 8.88. The highest BCUT2D eigenvalue weighted by atomic mass is 16.7. The molecule has 0 aromatic heterocycles. The lowest BCUT2D eigenvalue weighted by molar-refractivity contribution is -0.302. The van der Waals surface area contributed by atoms with Gasteiger partial charge in [0.2, 0.25) is 5.91 Å². The summed E-state index contributed by atoms with van der Waals surface area (Å²) in [5.41, 5.74) is 0. The molecule has 1 amide bonds. The Hall–Kier alpha value is -1.85. The van der Waals surface area contributed by atoms with Crippen LogP contribution in [0.25, 0.3) is 0 Å². The van der Waals surface area contributed by atoms with Crippen LogP contribution in [0.2, 0.25) is 0 Å². The van der Waals surface area contributed by atoms with Crippen LogP contribution in [0, 0.1) is 0 Å². The SMILES string of the molecule is CCC/C=C/C(O)C(COC1OC(CO)C(O)C(O)C1O)NC(=O)CCCCCCCCCCCCCCCCCCCCCCCCCCCC/C=C\C/C=C\C/C=C\CCCCCCC. The average molecular weight is 946 g/mol. The van der Waals surface area contributed by atoms with Crippen molar-refractivity contribution >= 4 is 5.91 Å². The van der Waals surface area contributed by atoms with E-state index < -0.39 is 49.5 Å². The molecule has 0 aromatic rings. The summed E-state index contributed by atoms with van der Waals surface area (Å²) in [4.78, 5) is 12.8. The number of unbranched alkanes of at least 4 members (excludes halogenated alkanes) is 32. The van der Waals surface area contributed by atoms with Gasteiger partial charge in [0, 0.05) is 6.42 Å². The molecule has 392 valence electrons. The molecule has 67 heavy (non-hydrogen) atoms. The molecule has 1 aliphatic heterocycles. The summed E-state index contributed by atoms with van der Waals surface area (Å²) in [7, 11) is 0. The van der Waals surface area contributed by atoms with Crippen molar-refractivity contribution in [3.63, 3.8) is 0 Å². The van der Waals surface area contributed by atoms with Gasteiger partial charge in [0.25, 0.3) is 0 Å². The maximum Gasteiger partial charge on any atom is 0.220 e. The monoisotopic (exact) mass is 946 g/mol. The van der Waals surface area contributed by atoms with Gasteiger partial charge in [0.05, 0.1) is 25.4 Å². The highest BCUT2D eigenvalue weighted by Gasteiger charge is 2.44. The van der Waals surface area contributed by atoms with Crippen LogP contribution in [0.4, 0.5) is 0 Å². The molecule has 1 heterocycles. The molecule has 1 rings (SSSR count). The van der Waals surface area contributed by atoms with Crippen molar-refractivity contribution in [3.8, 4) is 0 Å². The zero-order valence-electron chi connectivity index (χ0n) is 43.4. The second-order valence-corrected chi connectivity index (χ2v) is 19.7. The van der Waals surface area contributed by atoms with Crippen molar-refractivity contribution in [2.75, 3.05) is 13.2 Å². The number of carbonyl (C=O) groups excluding carboxylic acids is 1. The lowest BCUT2D eigenvalue weighted by Crippen LogP contribution is -2.60. The van der Waals surface area contributed by atoms with Crippen LogP contribution in [0.5, 0.6) is 0 Å². The Bertz CT molecular complexity index is 1190. The molecule has 0 saturated carbocycles. The van der Waals surface area contributed by atoms with Crippen molar-refractivity contribution in [1.29, 1.82) is 0 Å². The third-order valence-corrected chi connectivity index (χ3v) is 13.4. The number of amides is 1. The smallest absolute Gasteiger partial charge is 0.220 e. The van der Waals surface area contributed by atoms with Gasteiger partial charge in [-0.15, -0.1) is 0 Å². The summed E-state index contributed by atoms with van der Waals surface area (Å²) in [5.74, 6) is -0.186. The van der Waals surface area contributed by atoms with Crippen molar-refractivity contribution in [1.82, 2.24) is 5.32 Å². The molecule has 0 radical (unpaired) electrons. The molecule has 7 unspecified atom stereocenters. The number of hydrogen-bond donors (Lipinski definition) is 6. The summed E-state index contributed by atoms with van der Waals surface area (Å²) in [5, 5.41) is 53.5. The van der Waals surface area contributed by atoms with Crippen LogP contribution >= 0.6 is 0 Å². The summed E-state index contributed by atoms with van der Waals surface area (Å²) in [6, 6.07) is -0.798. The predicted molar refractivity (Wildman–Crippen MR) is 281 cm³/mol. The Kier molecular flexibility index (Phi) is 45.1. The van der Waals surface area contributed by atoms with Crippen molar-refractivity contribution in [3.05, 3.63) is 48.6 Å². The van der Waals surface area contributed by atoms with E-state index in [1.54, 1.807) is 6.08 Å². The van der Waals surface area contributed by atoms with Crippen LogP contribution in [0.1, 0.15) is 258 Å². The number of ether oxygens (including phenoxy) is 2. The van der Waals surface area contributed by atoms with Crippen molar-refractivity contribution in [2.45, 2.75) is 301 Å². The van der Waals surface area contributed by atoms with E-state index in [4.69, 9.17) is 9.47 Å². The molecule has 1 saturated heterocycles. The first-order valence-electron chi connectivity index (χ1n) is 28.4. The van der Waals surface area contributed by atoms with E-state index >= 15 is 0 Å². The summed E-state index contributed by atoms with van der Waals surface area (Å²) in [6.45, 7) is 3.55. The fraction of sp³-hybridized carbons (Fsp3) is 0.845. The zero-order valence-corrected chi connectivity index (χ0v) is 43.4. The van der Waals surface area contributed by atoms with E-state index in [-0.39, 0.29) is 12.5 Å². The number of carbonyl (C=O) groups is 1. The number of hydrogen-bond acceptors (Lipinski definition) is 8. The molecular formula is C58H107NO8. The molecule has 0 aliphatic carbocycles. The molecular weight excluding hydrogens is 839 g/mol. The first-order valence-corrected chi connectivity index (χ1v) is 28.4. The van der Waals surface area contributed by atoms with E-state index in [0.29, 0.717) is 6.42 Å². The Balaban J connectivity index is 1.88. The van der Waals surface area contributed by atoms with Gasteiger partial charge in [0.15, 0.2) is 6.29 Å². The lowest BCUT2D eigenvalue weighted by atomic mass is 9.99. The predicted octanol–water partition coefficient (Wildman–Crippen LogP) is 13.7. The second-order valence-electron chi connectivity index (χ2n) is 19.7. The summed E-state index contributed by atoms with van der Waals surface area (Å²) in [6.07, 6.45) is 57.6. The molecule has 0 spiro atoms. The second kappa shape index (κ2) is 47.8. The van der Waals surface area contributed by atoms with E-state index in [2.05, 4.69) is 48.7 Å². The van der Waals surface area contributed by atoms with Crippen LogP contribution in [-0.2, 0) is 14.3 Å². The molecule has 0 bridgehead atoms. The quantitative estimate of drug-likeness (QED) is 0.0261. The molecule has 1 aliphatic rings. The van der Waals surface area contributed by atoms with E-state index in [1.165, 1.54) is 193 Å². The summed E-state index contributed by atoms with van der Waals surface area (Å²) < 4.78 is 11.1. The van der Waals surface area contributed by atoms with Gasteiger partial charge in [-0.1, -0.05) is 249 Å². The van der Waals surface area contributed by atoms with Crippen LogP contribution in [-0.4, -0.2) is 87.5 Å². The van der Waals surface area contributed by atoms with Gasteiger partial charge in [-0.2, -0.15) is 0 Å². The zero-order chi connectivity index (χ0) is 48.7. The standard InChI is InChI=1S/C58H107NO8/c1-3-5-7-8-9-10-11-12-13-14-15-16-17-18-19-20-21-22-23-24-25-26-27-28-29-30-31-32-33-34-35-36-37-38-39-40-41-42-43-44-46-48-54(62)59-51(52(61)47-45-6-4-2)50-66-58-57(65)56(64)55(63)53(49-60)67-58/h11-12,14-15,17-18,45,47,51-53,55-58,60-61,63-65H,3-10,13,16,19-44,46,48-50H2,1-2H3,(H,59,62)/b12-11-,15-14-,18-17-,47-45+. The Morgan fingerprint density at radius 3 is 1.33 bits per heavy atom. The minimum atomic E-state index is -1.56. The first kappa shape index (κ1) is 63.2. The van der Waals surface area contributed by atoms with E-state index in [9.17, 15) is 30.3 Å². The Morgan fingerprint density at radius 1 is 0.507 bits per heavy atom. The molecule has 1 fully saturated rings. The van der Waals surface area contributed by atoms with Gasteiger partial charge >= 0.3 is 0 Å². The molecule has 6 N–H and O–H groups in total. The average Bonchev–Trinajstić information content (AvgIpc) is 3.33. The Labute approximate surface area is 412 Å². The van der Waals surface area contributed by atoms with Gasteiger partial charge in [-0.25, -0.2) is 0 Å². The molecule has 7 atom stereocenters. The highest BCUT2D eigenvalue weighted by molar-refractivity contribution is 5.76. The third-order valence-electron chi connectivity index (χ3n) is 13.4. The number of aliphatic hydroxyl groups is 5. The van der Waals surface area contributed by atoms with Crippen LogP contribution in [0.3, 0.4) is 0 Å². The molecule has 9 nitrogen and oxygen atoms in total. The van der Waals surface area contributed by atoms with Crippen LogP contribution in [0.15, 0.2) is 48.6 Å². The Morgan fingerprint density at radius 2 is 0.910 bits per heavy atom. The van der Waals surface area contributed by atoms with Crippen molar-refractivity contribution in [2.24, 2.45) is 0 Å². The van der Waals surface area contributed by atoms with Gasteiger partial charge in [-0.3, -0.25) is 4.79 Å². The maximum atomic E-state index is 12.8. The minimum Gasteiger partial charge on any atom is -0.394 e. The molecule has 9 heteroatoms. The van der Waals surface area contributed by atoms with E-state index in [1.807, 2.05) is 13.0 Å². The van der Waals surface area contributed by atoms with Gasteiger partial charge in [0.1, 0.15) is 24.4 Å². The maximum absolute atomic E-state index is 12.8. The van der Waals surface area contributed by atoms with Gasteiger partial charge < -0.3 is 40.3 Å². The van der Waals surface area contributed by atoms with Crippen LogP contribution < -0.4 is 5.32 Å². The van der Waals surface area contributed by atoms with E-state index in [0.717, 1.165) is 44.9 Å². The molecule has 0 aromatic carbocycles. The fourth-order valence-corrected chi connectivity index (χ4v) is 8.88. The van der Waals surface area contributed by atoms with Gasteiger partial charge in [-0.05, 0) is 51.4 Å². The third kappa shape index (κ3) is 37.6. The lowest BCUT2D eigenvalue weighted by Gasteiger charge is -2.40. The number of rotatable bonds is 48. The van der Waals surface area contributed by atoms with Crippen molar-refractivity contribution < 1.29 is 39.8 Å². The topological polar surface area (TPSA) is 149 Å². The largest absolute Gasteiger partial charge is 0.394 e. The minimum absolute atomic E-state index is 0.186. The number of nitrogens with one attached hydrogen (secondary N) is 1.